The van der Waals surface area contributed by atoms with Crippen molar-refractivity contribution in [2.24, 2.45) is 17.3 Å². The standard InChI is InChI=1S/C17H33NO/c1-3-4-5-6-7-8-17(14-18-9-10-19-2)12-15-11-16(15)13-17/h15-16,18H,3-14H2,1-2H3. The molecule has 112 valence electrons. The van der Waals surface area contributed by atoms with Gasteiger partial charge in [0.05, 0.1) is 6.61 Å². The highest BCUT2D eigenvalue weighted by molar-refractivity contribution is 5.03. The van der Waals surface area contributed by atoms with Gasteiger partial charge in [-0.25, -0.2) is 0 Å². The minimum Gasteiger partial charge on any atom is -0.383 e. The van der Waals surface area contributed by atoms with Crippen molar-refractivity contribution in [1.82, 2.24) is 5.32 Å². The zero-order valence-corrected chi connectivity index (χ0v) is 13.0. The Morgan fingerprint density at radius 1 is 1.11 bits per heavy atom. The van der Waals surface area contributed by atoms with Crippen LogP contribution in [0.1, 0.15) is 64.7 Å². The molecule has 0 saturated heterocycles. The van der Waals surface area contributed by atoms with Crippen LogP contribution in [-0.4, -0.2) is 26.8 Å². The van der Waals surface area contributed by atoms with E-state index in [0.717, 1.165) is 25.0 Å². The molecule has 0 spiro atoms. The van der Waals surface area contributed by atoms with E-state index in [0.29, 0.717) is 5.41 Å². The molecule has 2 rings (SSSR count). The summed E-state index contributed by atoms with van der Waals surface area (Å²) in [4.78, 5) is 0. The zero-order valence-electron chi connectivity index (χ0n) is 13.0. The maximum atomic E-state index is 5.13. The molecule has 0 bridgehead atoms. The van der Waals surface area contributed by atoms with Crippen LogP contribution in [0.2, 0.25) is 0 Å². The van der Waals surface area contributed by atoms with E-state index in [-0.39, 0.29) is 0 Å². The van der Waals surface area contributed by atoms with Crippen LogP contribution in [-0.2, 0) is 4.74 Å². The molecule has 0 amide bonds. The molecule has 2 heteroatoms. The molecular formula is C17H33NO. The minimum absolute atomic E-state index is 0.646. The first-order valence-electron chi connectivity index (χ1n) is 8.49. The van der Waals surface area contributed by atoms with Crippen molar-refractivity contribution < 1.29 is 4.74 Å². The number of rotatable bonds is 11. The van der Waals surface area contributed by atoms with E-state index in [1.54, 1.807) is 7.11 Å². The monoisotopic (exact) mass is 267 g/mol. The number of fused-ring (bicyclic) bond motifs is 1. The van der Waals surface area contributed by atoms with Gasteiger partial charge in [-0.2, -0.15) is 0 Å². The summed E-state index contributed by atoms with van der Waals surface area (Å²) >= 11 is 0. The van der Waals surface area contributed by atoms with Gasteiger partial charge in [0.15, 0.2) is 0 Å². The third-order valence-electron chi connectivity index (χ3n) is 5.25. The number of nitrogens with one attached hydrogen (secondary N) is 1. The molecule has 2 saturated carbocycles. The van der Waals surface area contributed by atoms with Gasteiger partial charge in [0.25, 0.3) is 0 Å². The van der Waals surface area contributed by atoms with Gasteiger partial charge in [-0.15, -0.1) is 0 Å². The summed E-state index contributed by atoms with van der Waals surface area (Å²) in [6, 6.07) is 0. The van der Waals surface area contributed by atoms with Gasteiger partial charge in [0.1, 0.15) is 0 Å². The molecule has 0 heterocycles. The Bertz CT molecular complexity index is 244. The summed E-state index contributed by atoms with van der Waals surface area (Å²) in [5.41, 5.74) is 0.646. The molecular weight excluding hydrogens is 234 g/mol. The third kappa shape index (κ3) is 4.75. The Balaban J connectivity index is 1.66. The van der Waals surface area contributed by atoms with Crippen molar-refractivity contribution in [3.63, 3.8) is 0 Å². The lowest BCUT2D eigenvalue weighted by Gasteiger charge is -2.31. The van der Waals surface area contributed by atoms with Crippen molar-refractivity contribution in [2.45, 2.75) is 64.7 Å². The van der Waals surface area contributed by atoms with Crippen molar-refractivity contribution in [3.8, 4) is 0 Å². The largest absolute Gasteiger partial charge is 0.383 e. The molecule has 2 atom stereocenters. The third-order valence-corrected chi connectivity index (χ3v) is 5.25. The number of hydrogen-bond acceptors (Lipinski definition) is 2. The van der Waals surface area contributed by atoms with E-state index in [9.17, 15) is 0 Å². The van der Waals surface area contributed by atoms with E-state index < -0.39 is 0 Å². The van der Waals surface area contributed by atoms with Crippen LogP contribution in [0.4, 0.5) is 0 Å². The molecule has 2 aliphatic rings. The first-order chi connectivity index (χ1) is 9.29. The fourth-order valence-electron chi connectivity index (χ4n) is 4.07. The minimum atomic E-state index is 0.646. The average molecular weight is 267 g/mol. The van der Waals surface area contributed by atoms with Crippen LogP contribution < -0.4 is 5.32 Å². The highest BCUT2D eigenvalue weighted by Gasteiger charge is 2.52. The number of methoxy groups -OCH3 is 1. The Morgan fingerprint density at radius 3 is 2.53 bits per heavy atom. The van der Waals surface area contributed by atoms with E-state index in [1.165, 1.54) is 64.3 Å². The molecule has 0 aromatic heterocycles. The van der Waals surface area contributed by atoms with Crippen molar-refractivity contribution in [2.75, 3.05) is 26.8 Å². The number of unbranched alkanes of at least 4 members (excludes halogenated alkanes) is 4. The first kappa shape index (κ1) is 15.3. The average Bonchev–Trinajstić information content (AvgIpc) is 3.03. The predicted molar refractivity (Wildman–Crippen MR) is 81.4 cm³/mol. The number of hydrogen-bond donors (Lipinski definition) is 1. The van der Waals surface area contributed by atoms with Crippen molar-refractivity contribution in [3.05, 3.63) is 0 Å². The summed E-state index contributed by atoms with van der Waals surface area (Å²) in [7, 11) is 1.79. The maximum absolute atomic E-state index is 5.13. The SMILES string of the molecule is CCCCCCCC1(CNCCOC)CC2CC2C1. The smallest absolute Gasteiger partial charge is 0.0587 e. The highest BCUT2D eigenvalue weighted by Crippen LogP contribution is 2.61. The Hall–Kier alpha value is -0.0800. The van der Waals surface area contributed by atoms with Gasteiger partial charge in [-0.1, -0.05) is 39.0 Å². The lowest BCUT2D eigenvalue weighted by atomic mass is 9.78. The molecule has 0 aliphatic heterocycles. The topological polar surface area (TPSA) is 21.3 Å². The quantitative estimate of drug-likeness (QED) is 0.571. The van der Waals surface area contributed by atoms with Gasteiger partial charge in [-0.05, 0) is 42.9 Å². The van der Waals surface area contributed by atoms with Gasteiger partial charge in [0, 0.05) is 20.2 Å². The molecule has 0 aromatic carbocycles. The van der Waals surface area contributed by atoms with Crippen LogP contribution in [0, 0.1) is 17.3 Å². The lowest BCUT2D eigenvalue weighted by molar-refractivity contribution is 0.180. The Kier molecular flexibility index (Phi) is 6.15. The summed E-state index contributed by atoms with van der Waals surface area (Å²) < 4.78 is 5.13. The molecule has 2 fully saturated rings. The molecule has 0 radical (unpaired) electrons. The van der Waals surface area contributed by atoms with E-state index in [2.05, 4.69) is 12.2 Å². The predicted octanol–water partition coefficient (Wildman–Crippen LogP) is 4.00. The maximum Gasteiger partial charge on any atom is 0.0587 e. The van der Waals surface area contributed by atoms with Crippen molar-refractivity contribution in [1.29, 1.82) is 0 Å². The van der Waals surface area contributed by atoms with Gasteiger partial charge >= 0.3 is 0 Å². The second kappa shape index (κ2) is 7.64. The van der Waals surface area contributed by atoms with E-state index in [4.69, 9.17) is 4.74 Å². The molecule has 0 aromatic rings. The summed E-state index contributed by atoms with van der Waals surface area (Å²) in [5.74, 6) is 2.19. The van der Waals surface area contributed by atoms with Gasteiger partial charge in [0.2, 0.25) is 0 Å². The van der Waals surface area contributed by atoms with Crippen LogP contribution in [0.3, 0.4) is 0 Å². The fraction of sp³-hybridized carbons (Fsp3) is 1.00. The zero-order chi connectivity index (χ0) is 13.6. The molecule has 2 nitrogen and oxygen atoms in total. The first-order valence-corrected chi connectivity index (χ1v) is 8.49. The number of ether oxygens (including phenoxy) is 1. The summed E-state index contributed by atoms with van der Waals surface area (Å²) in [6.07, 6.45) is 13.1. The highest BCUT2D eigenvalue weighted by atomic mass is 16.5. The van der Waals surface area contributed by atoms with E-state index in [1.807, 2.05) is 0 Å². The van der Waals surface area contributed by atoms with Gasteiger partial charge in [-0.3, -0.25) is 0 Å². The second-order valence-electron chi connectivity index (χ2n) is 7.00. The van der Waals surface area contributed by atoms with Crippen molar-refractivity contribution >= 4 is 0 Å². The van der Waals surface area contributed by atoms with Crippen LogP contribution >= 0.6 is 0 Å². The lowest BCUT2D eigenvalue weighted by Crippen LogP contribution is -2.35. The summed E-state index contributed by atoms with van der Waals surface area (Å²) in [6.45, 7) is 5.39. The molecule has 2 aliphatic carbocycles. The van der Waals surface area contributed by atoms with Gasteiger partial charge < -0.3 is 10.1 Å². The van der Waals surface area contributed by atoms with E-state index >= 15 is 0 Å². The normalized spacial score (nSPS) is 32.5. The molecule has 1 N–H and O–H groups in total. The van der Waals surface area contributed by atoms with Crippen LogP contribution in [0.25, 0.3) is 0 Å². The molecule has 19 heavy (non-hydrogen) atoms. The molecule has 2 unspecified atom stereocenters. The Labute approximate surface area is 119 Å². The van der Waals surface area contributed by atoms with Crippen LogP contribution in [0.15, 0.2) is 0 Å². The fourth-order valence-corrected chi connectivity index (χ4v) is 4.07. The Morgan fingerprint density at radius 2 is 1.84 bits per heavy atom. The second-order valence-corrected chi connectivity index (χ2v) is 7.00. The summed E-state index contributed by atoms with van der Waals surface area (Å²) in [5, 5.41) is 3.64. The van der Waals surface area contributed by atoms with Crippen LogP contribution in [0.5, 0.6) is 0 Å².